The van der Waals surface area contributed by atoms with Gasteiger partial charge in [-0.1, -0.05) is 19.9 Å². The first-order chi connectivity index (χ1) is 8.09. The van der Waals surface area contributed by atoms with E-state index in [-0.39, 0.29) is 0 Å². The molecule has 1 aromatic carbocycles. The van der Waals surface area contributed by atoms with Crippen LogP contribution in [0.15, 0.2) is 18.2 Å². The maximum atomic E-state index is 5.70. The van der Waals surface area contributed by atoms with Crippen LogP contribution in [0.3, 0.4) is 0 Å². The summed E-state index contributed by atoms with van der Waals surface area (Å²) >= 11 is 0. The number of anilines is 1. The Labute approximate surface area is 104 Å². The fourth-order valence-electron chi connectivity index (χ4n) is 1.40. The van der Waals surface area contributed by atoms with E-state index in [0.717, 1.165) is 30.0 Å². The maximum absolute atomic E-state index is 5.70. The van der Waals surface area contributed by atoms with Crippen LogP contribution in [0, 0.1) is 12.8 Å². The van der Waals surface area contributed by atoms with Crippen LogP contribution in [0.25, 0.3) is 0 Å². The van der Waals surface area contributed by atoms with Gasteiger partial charge in [0.05, 0.1) is 6.61 Å². The van der Waals surface area contributed by atoms with Crippen molar-refractivity contribution in [2.24, 2.45) is 5.92 Å². The molecule has 17 heavy (non-hydrogen) atoms. The summed E-state index contributed by atoms with van der Waals surface area (Å²) in [4.78, 5) is 0. The average molecular weight is 237 g/mol. The zero-order valence-corrected chi connectivity index (χ0v) is 11.0. The molecule has 0 atom stereocenters. The SMILES string of the molecule is Cc1ccc(N)cc1OCCOCCC(C)C. The van der Waals surface area contributed by atoms with Gasteiger partial charge in [0.1, 0.15) is 12.4 Å². The highest BCUT2D eigenvalue weighted by molar-refractivity contribution is 5.47. The lowest BCUT2D eigenvalue weighted by atomic mass is 10.1. The molecule has 0 fully saturated rings. The zero-order chi connectivity index (χ0) is 12.7. The summed E-state index contributed by atoms with van der Waals surface area (Å²) in [5.74, 6) is 1.53. The number of ether oxygens (including phenoxy) is 2. The molecule has 3 heteroatoms. The molecular formula is C14H23NO2. The summed E-state index contributed by atoms with van der Waals surface area (Å²) in [6.07, 6.45) is 1.09. The molecule has 0 amide bonds. The van der Waals surface area contributed by atoms with Gasteiger partial charge in [0, 0.05) is 18.4 Å². The van der Waals surface area contributed by atoms with Crippen molar-refractivity contribution < 1.29 is 9.47 Å². The van der Waals surface area contributed by atoms with E-state index in [0.29, 0.717) is 19.1 Å². The van der Waals surface area contributed by atoms with Crippen molar-refractivity contribution in [3.63, 3.8) is 0 Å². The number of rotatable bonds is 7. The van der Waals surface area contributed by atoms with Gasteiger partial charge in [0.15, 0.2) is 0 Å². The molecule has 0 saturated heterocycles. The number of nitrogen functional groups attached to an aromatic ring is 1. The Morgan fingerprint density at radius 2 is 1.94 bits per heavy atom. The van der Waals surface area contributed by atoms with Crippen molar-refractivity contribution in [1.82, 2.24) is 0 Å². The Morgan fingerprint density at radius 1 is 1.18 bits per heavy atom. The Balaban J connectivity index is 2.20. The lowest BCUT2D eigenvalue weighted by Crippen LogP contribution is -2.09. The standard InChI is InChI=1S/C14H23NO2/c1-11(2)6-7-16-8-9-17-14-10-13(15)5-4-12(14)3/h4-5,10-11H,6-9,15H2,1-3H3. The Bertz CT molecular complexity index is 337. The summed E-state index contributed by atoms with van der Waals surface area (Å²) in [5.41, 5.74) is 7.53. The third-order valence-electron chi connectivity index (χ3n) is 2.54. The van der Waals surface area contributed by atoms with Crippen molar-refractivity contribution in [2.45, 2.75) is 27.2 Å². The van der Waals surface area contributed by atoms with E-state index in [1.165, 1.54) is 0 Å². The normalized spacial score (nSPS) is 10.8. The van der Waals surface area contributed by atoms with Gasteiger partial charge in [-0.25, -0.2) is 0 Å². The molecular weight excluding hydrogens is 214 g/mol. The lowest BCUT2D eigenvalue weighted by molar-refractivity contribution is 0.0924. The summed E-state index contributed by atoms with van der Waals surface area (Å²) in [6.45, 7) is 8.39. The van der Waals surface area contributed by atoms with Crippen molar-refractivity contribution >= 4 is 5.69 Å². The second kappa shape index (κ2) is 7.17. The summed E-state index contributed by atoms with van der Waals surface area (Å²) in [6, 6.07) is 5.69. The molecule has 0 radical (unpaired) electrons. The van der Waals surface area contributed by atoms with E-state index in [1.54, 1.807) is 0 Å². The van der Waals surface area contributed by atoms with Crippen LogP contribution in [-0.2, 0) is 4.74 Å². The van der Waals surface area contributed by atoms with Crippen molar-refractivity contribution in [1.29, 1.82) is 0 Å². The number of hydrogen-bond donors (Lipinski definition) is 1. The van der Waals surface area contributed by atoms with Crippen molar-refractivity contribution in [2.75, 3.05) is 25.6 Å². The maximum Gasteiger partial charge on any atom is 0.124 e. The van der Waals surface area contributed by atoms with Crippen LogP contribution in [0.1, 0.15) is 25.8 Å². The molecule has 0 aliphatic rings. The highest BCUT2D eigenvalue weighted by atomic mass is 16.5. The molecule has 0 heterocycles. The molecule has 0 spiro atoms. The fraction of sp³-hybridized carbons (Fsp3) is 0.571. The van der Waals surface area contributed by atoms with Gasteiger partial charge in [-0.3, -0.25) is 0 Å². The molecule has 1 aromatic rings. The van der Waals surface area contributed by atoms with Crippen LogP contribution in [0.4, 0.5) is 5.69 Å². The smallest absolute Gasteiger partial charge is 0.124 e. The van der Waals surface area contributed by atoms with E-state index in [2.05, 4.69) is 13.8 Å². The Hall–Kier alpha value is -1.22. The van der Waals surface area contributed by atoms with E-state index in [1.807, 2.05) is 25.1 Å². The molecule has 96 valence electrons. The quantitative estimate of drug-likeness (QED) is 0.585. The van der Waals surface area contributed by atoms with E-state index >= 15 is 0 Å². The number of aryl methyl sites for hydroxylation is 1. The molecule has 0 bridgehead atoms. The molecule has 0 unspecified atom stereocenters. The largest absolute Gasteiger partial charge is 0.491 e. The van der Waals surface area contributed by atoms with Gasteiger partial charge in [0.25, 0.3) is 0 Å². The minimum Gasteiger partial charge on any atom is -0.491 e. The van der Waals surface area contributed by atoms with Crippen LogP contribution in [0.2, 0.25) is 0 Å². The number of hydrogen-bond acceptors (Lipinski definition) is 3. The molecule has 3 nitrogen and oxygen atoms in total. The molecule has 0 aliphatic carbocycles. The second-order valence-corrected chi connectivity index (χ2v) is 4.67. The topological polar surface area (TPSA) is 44.5 Å². The van der Waals surface area contributed by atoms with Crippen LogP contribution < -0.4 is 10.5 Å². The first-order valence-electron chi connectivity index (χ1n) is 6.16. The van der Waals surface area contributed by atoms with Gasteiger partial charge in [-0.2, -0.15) is 0 Å². The van der Waals surface area contributed by atoms with E-state index in [9.17, 15) is 0 Å². The first-order valence-corrected chi connectivity index (χ1v) is 6.16. The molecule has 1 rings (SSSR count). The number of nitrogens with two attached hydrogens (primary N) is 1. The third-order valence-corrected chi connectivity index (χ3v) is 2.54. The third kappa shape index (κ3) is 5.59. The lowest BCUT2D eigenvalue weighted by Gasteiger charge is -2.10. The minimum absolute atomic E-state index is 0.572. The van der Waals surface area contributed by atoms with Crippen LogP contribution in [-0.4, -0.2) is 19.8 Å². The average Bonchev–Trinajstić information content (AvgIpc) is 2.27. The van der Waals surface area contributed by atoms with Gasteiger partial charge < -0.3 is 15.2 Å². The molecule has 0 aromatic heterocycles. The molecule has 2 N–H and O–H groups in total. The Morgan fingerprint density at radius 3 is 2.65 bits per heavy atom. The van der Waals surface area contributed by atoms with E-state index < -0.39 is 0 Å². The second-order valence-electron chi connectivity index (χ2n) is 4.67. The fourth-order valence-corrected chi connectivity index (χ4v) is 1.40. The first kappa shape index (κ1) is 13.8. The minimum atomic E-state index is 0.572. The van der Waals surface area contributed by atoms with Gasteiger partial charge in [0.2, 0.25) is 0 Å². The van der Waals surface area contributed by atoms with Gasteiger partial charge in [-0.15, -0.1) is 0 Å². The summed E-state index contributed by atoms with van der Waals surface area (Å²) in [5, 5.41) is 0. The number of benzene rings is 1. The molecule has 0 saturated carbocycles. The van der Waals surface area contributed by atoms with Crippen molar-refractivity contribution in [3.05, 3.63) is 23.8 Å². The highest BCUT2D eigenvalue weighted by Gasteiger charge is 2.00. The monoisotopic (exact) mass is 237 g/mol. The highest BCUT2D eigenvalue weighted by Crippen LogP contribution is 2.20. The van der Waals surface area contributed by atoms with Gasteiger partial charge >= 0.3 is 0 Å². The van der Waals surface area contributed by atoms with Gasteiger partial charge in [-0.05, 0) is 30.9 Å². The summed E-state index contributed by atoms with van der Waals surface area (Å²) < 4.78 is 11.1. The van der Waals surface area contributed by atoms with Crippen LogP contribution >= 0.6 is 0 Å². The van der Waals surface area contributed by atoms with E-state index in [4.69, 9.17) is 15.2 Å². The summed E-state index contributed by atoms with van der Waals surface area (Å²) in [7, 11) is 0. The Kier molecular flexibility index (Phi) is 5.84. The van der Waals surface area contributed by atoms with Crippen molar-refractivity contribution in [3.8, 4) is 5.75 Å². The molecule has 0 aliphatic heterocycles. The van der Waals surface area contributed by atoms with Crippen LogP contribution in [0.5, 0.6) is 5.75 Å². The zero-order valence-electron chi connectivity index (χ0n) is 11.0. The predicted octanol–water partition coefficient (Wildman–Crippen LogP) is 3.02. The predicted molar refractivity (Wildman–Crippen MR) is 71.4 cm³/mol.